The molecule has 1 heterocycles. The first kappa shape index (κ1) is 13.1. The van der Waals surface area contributed by atoms with Crippen molar-refractivity contribution in [2.45, 2.75) is 26.7 Å². The molecule has 0 saturated carbocycles. The Morgan fingerprint density at radius 3 is 2.88 bits per heavy atom. The molecule has 0 aromatic carbocycles. The van der Waals surface area contributed by atoms with Crippen molar-refractivity contribution in [2.75, 3.05) is 19.6 Å². The van der Waals surface area contributed by atoms with Crippen LogP contribution in [0.4, 0.5) is 0 Å². The minimum Gasteiger partial charge on any atom is -0.338 e. The topological polar surface area (TPSA) is 59.2 Å². The minimum absolute atomic E-state index is 0.0314. The van der Waals surface area contributed by atoms with Crippen LogP contribution in [-0.4, -0.2) is 35.4 Å². The van der Waals surface area contributed by atoms with Crippen LogP contribution in [0, 0.1) is 0 Å². The molecule has 0 spiro atoms. The molecule has 0 fully saturated rings. The molecule has 0 aliphatic carbocycles. The summed E-state index contributed by atoms with van der Waals surface area (Å²) in [6, 6.07) is 0. The zero-order valence-corrected chi connectivity index (χ0v) is 10.7. The summed E-state index contributed by atoms with van der Waals surface area (Å²) in [4.78, 5) is 18.1. The Labute approximate surface area is 100 Å². The summed E-state index contributed by atoms with van der Waals surface area (Å²) < 4.78 is 0. The van der Waals surface area contributed by atoms with Gasteiger partial charge in [0, 0.05) is 24.9 Å². The van der Waals surface area contributed by atoms with Gasteiger partial charge in [-0.1, -0.05) is 6.92 Å². The molecular formula is C11H19N3OS. The lowest BCUT2D eigenvalue weighted by Gasteiger charge is -2.18. The second-order valence-electron chi connectivity index (χ2n) is 3.55. The van der Waals surface area contributed by atoms with Gasteiger partial charge in [0.25, 0.3) is 5.91 Å². The van der Waals surface area contributed by atoms with E-state index >= 15 is 0 Å². The van der Waals surface area contributed by atoms with Crippen LogP contribution in [0.1, 0.15) is 35.8 Å². The number of hydrogen-bond acceptors (Lipinski definition) is 4. The predicted octanol–water partition coefficient (Wildman–Crippen LogP) is 1.52. The first-order valence-corrected chi connectivity index (χ1v) is 6.54. The van der Waals surface area contributed by atoms with Crippen LogP contribution >= 0.6 is 11.3 Å². The first-order valence-electron chi connectivity index (χ1n) is 5.66. The lowest BCUT2D eigenvalue weighted by atomic mass is 10.3. The average Bonchev–Trinajstić information content (AvgIpc) is 2.74. The summed E-state index contributed by atoms with van der Waals surface area (Å²) in [6.45, 7) is 6.15. The number of carbonyl (C=O) groups excluding carboxylic acids is 1. The van der Waals surface area contributed by atoms with Gasteiger partial charge in [-0.25, -0.2) is 4.98 Å². The van der Waals surface area contributed by atoms with E-state index < -0.39 is 0 Å². The molecule has 0 atom stereocenters. The number of nitrogens with zero attached hydrogens (tertiary/aromatic N) is 2. The second-order valence-corrected chi connectivity index (χ2v) is 4.49. The van der Waals surface area contributed by atoms with Gasteiger partial charge in [0.2, 0.25) is 0 Å². The van der Waals surface area contributed by atoms with Gasteiger partial charge in [-0.3, -0.25) is 4.79 Å². The SMILES string of the molecule is CCCN(CC)C(=O)c1csc(CCN)n1. The molecule has 0 aliphatic rings. The number of thiazole rings is 1. The van der Waals surface area contributed by atoms with E-state index in [1.807, 2.05) is 17.2 Å². The maximum Gasteiger partial charge on any atom is 0.273 e. The van der Waals surface area contributed by atoms with Crippen molar-refractivity contribution in [1.82, 2.24) is 9.88 Å². The molecule has 0 bridgehead atoms. The lowest BCUT2D eigenvalue weighted by molar-refractivity contribution is 0.0759. The van der Waals surface area contributed by atoms with Crippen LogP contribution in [0.5, 0.6) is 0 Å². The molecule has 1 rings (SSSR count). The van der Waals surface area contributed by atoms with Crippen molar-refractivity contribution >= 4 is 17.2 Å². The van der Waals surface area contributed by atoms with Gasteiger partial charge in [-0.05, 0) is 19.9 Å². The number of nitrogens with two attached hydrogens (primary N) is 1. The van der Waals surface area contributed by atoms with Crippen molar-refractivity contribution in [3.05, 3.63) is 16.1 Å². The molecule has 1 aromatic rings. The number of hydrogen-bond donors (Lipinski definition) is 1. The number of amides is 1. The van der Waals surface area contributed by atoms with Gasteiger partial charge in [0.1, 0.15) is 5.69 Å². The fraction of sp³-hybridized carbons (Fsp3) is 0.636. The molecule has 0 radical (unpaired) electrons. The van der Waals surface area contributed by atoms with Crippen molar-refractivity contribution in [3.63, 3.8) is 0 Å². The van der Waals surface area contributed by atoms with Crippen LogP contribution < -0.4 is 5.73 Å². The summed E-state index contributed by atoms with van der Waals surface area (Å²) in [5, 5.41) is 2.77. The molecule has 90 valence electrons. The third-order valence-corrected chi connectivity index (χ3v) is 3.20. The van der Waals surface area contributed by atoms with Gasteiger partial charge < -0.3 is 10.6 Å². The smallest absolute Gasteiger partial charge is 0.273 e. The first-order chi connectivity index (χ1) is 7.72. The second kappa shape index (κ2) is 6.60. The third-order valence-electron chi connectivity index (χ3n) is 2.29. The fourth-order valence-electron chi connectivity index (χ4n) is 1.48. The Bertz CT molecular complexity index is 338. The third kappa shape index (κ3) is 3.28. The van der Waals surface area contributed by atoms with Crippen molar-refractivity contribution in [1.29, 1.82) is 0 Å². The molecule has 5 heteroatoms. The van der Waals surface area contributed by atoms with E-state index in [4.69, 9.17) is 5.73 Å². The molecule has 4 nitrogen and oxygen atoms in total. The van der Waals surface area contributed by atoms with E-state index in [-0.39, 0.29) is 5.91 Å². The van der Waals surface area contributed by atoms with Gasteiger partial charge in [0.05, 0.1) is 5.01 Å². The zero-order valence-electron chi connectivity index (χ0n) is 9.90. The van der Waals surface area contributed by atoms with E-state index in [2.05, 4.69) is 11.9 Å². The van der Waals surface area contributed by atoms with Crippen LogP contribution in [0.15, 0.2) is 5.38 Å². The van der Waals surface area contributed by atoms with Crippen molar-refractivity contribution < 1.29 is 4.79 Å². The van der Waals surface area contributed by atoms with Gasteiger partial charge in [-0.15, -0.1) is 11.3 Å². The Morgan fingerprint density at radius 2 is 2.31 bits per heavy atom. The van der Waals surface area contributed by atoms with Gasteiger partial charge in [0.15, 0.2) is 0 Å². The van der Waals surface area contributed by atoms with Crippen LogP contribution in [0.25, 0.3) is 0 Å². The lowest BCUT2D eigenvalue weighted by Crippen LogP contribution is -2.31. The monoisotopic (exact) mass is 241 g/mol. The number of aromatic nitrogens is 1. The highest BCUT2D eigenvalue weighted by atomic mass is 32.1. The maximum atomic E-state index is 12.0. The number of carbonyl (C=O) groups is 1. The standard InChI is InChI=1S/C11H19N3OS/c1-3-7-14(4-2)11(15)9-8-16-10(13-9)5-6-12/h8H,3-7,12H2,1-2H3. The van der Waals surface area contributed by atoms with Crippen LogP contribution in [0.3, 0.4) is 0 Å². The Morgan fingerprint density at radius 1 is 1.56 bits per heavy atom. The molecular weight excluding hydrogens is 222 g/mol. The summed E-state index contributed by atoms with van der Waals surface area (Å²) in [7, 11) is 0. The largest absolute Gasteiger partial charge is 0.338 e. The molecule has 16 heavy (non-hydrogen) atoms. The van der Waals surface area contributed by atoms with Crippen molar-refractivity contribution in [2.24, 2.45) is 5.73 Å². The predicted molar refractivity (Wildman–Crippen MR) is 66.7 cm³/mol. The van der Waals surface area contributed by atoms with Crippen LogP contribution in [-0.2, 0) is 6.42 Å². The molecule has 0 saturated heterocycles. The number of rotatable bonds is 6. The zero-order chi connectivity index (χ0) is 12.0. The Hall–Kier alpha value is -0.940. The van der Waals surface area contributed by atoms with Gasteiger partial charge >= 0.3 is 0 Å². The van der Waals surface area contributed by atoms with Gasteiger partial charge in [-0.2, -0.15) is 0 Å². The average molecular weight is 241 g/mol. The normalized spacial score (nSPS) is 10.4. The Balaban J connectivity index is 2.70. The molecule has 1 aromatic heterocycles. The quantitative estimate of drug-likeness (QED) is 0.821. The van der Waals surface area contributed by atoms with E-state index in [0.29, 0.717) is 12.2 Å². The van der Waals surface area contributed by atoms with Crippen LogP contribution in [0.2, 0.25) is 0 Å². The highest BCUT2D eigenvalue weighted by Gasteiger charge is 2.16. The highest BCUT2D eigenvalue weighted by molar-refractivity contribution is 7.09. The summed E-state index contributed by atoms with van der Waals surface area (Å²) in [5.41, 5.74) is 6.01. The van der Waals surface area contributed by atoms with Crippen molar-refractivity contribution in [3.8, 4) is 0 Å². The van der Waals surface area contributed by atoms with E-state index in [1.165, 1.54) is 11.3 Å². The maximum absolute atomic E-state index is 12.0. The molecule has 0 unspecified atom stereocenters. The molecule has 1 amide bonds. The highest BCUT2D eigenvalue weighted by Crippen LogP contribution is 2.12. The Kier molecular flexibility index (Phi) is 5.42. The summed E-state index contributed by atoms with van der Waals surface area (Å²) in [6.07, 6.45) is 1.72. The fourth-order valence-corrected chi connectivity index (χ4v) is 2.27. The summed E-state index contributed by atoms with van der Waals surface area (Å²) in [5.74, 6) is 0.0314. The molecule has 2 N–H and O–H groups in total. The van der Waals surface area contributed by atoms with E-state index in [0.717, 1.165) is 30.9 Å². The molecule has 0 aliphatic heterocycles. The summed E-state index contributed by atoms with van der Waals surface area (Å²) >= 11 is 1.51. The van der Waals surface area contributed by atoms with E-state index in [1.54, 1.807) is 0 Å². The minimum atomic E-state index is 0.0314. The van der Waals surface area contributed by atoms with E-state index in [9.17, 15) is 4.79 Å².